The number of benzene rings is 2. The summed E-state index contributed by atoms with van der Waals surface area (Å²) in [6, 6.07) is 13.1. The fourth-order valence-electron chi connectivity index (χ4n) is 2.92. The molecule has 0 spiro atoms. The Morgan fingerprint density at radius 2 is 1.71 bits per heavy atom. The number of sulfonamides is 1. The second kappa shape index (κ2) is 9.68. The number of amides is 1. The molecule has 0 unspecified atom stereocenters. The molecular formula is C21H27FN2O3S. The molecule has 5 nitrogen and oxygen atoms in total. The summed E-state index contributed by atoms with van der Waals surface area (Å²) in [5, 5.41) is 2.85. The molecule has 0 aliphatic heterocycles. The summed E-state index contributed by atoms with van der Waals surface area (Å²) in [5.74, 6) is -0.498. The number of rotatable bonds is 9. The van der Waals surface area contributed by atoms with E-state index in [1.807, 2.05) is 26.0 Å². The second-order valence-corrected chi connectivity index (χ2v) is 8.71. The molecule has 0 fully saturated rings. The molecule has 0 bridgehead atoms. The first-order valence-electron chi connectivity index (χ1n) is 9.32. The largest absolute Gasteiger partial charge is 0.350 e. The van der Waals surface area contributed by atoms with Crippen LogP contribution in [0.15, 0.2) is 48.5 Å². The predicted octanol–water partition coefficient (Wildman–Crippen LogP) is 3.81. The van der Waals surface area contributed by atoms with E-state index in [0.717, 1.165) is 23.8 Å². The zero-order valence-corrected chi connectivity index (χ0v) is 17.3. The fourth-order valence-corrected chi connectivity index (χ4v) is 3.88. The molecule has 2 rings (SSSR count). The van der Waals surface area contributed by atoms with Gasteiger partial charge in [-0.1, -0.05) is 31.2 Å². The minimum absolute atomic E-state index is 0.174. The van der Waals surface area contributed by atoms with E-state index in [9.17, 15) is 17.6 Å². The highest BCUT2D eigenvalue weighted by Gasteiger charge is 2.18. The first-order chi connectivity index (χ1) is 13.2. The third-order valence-electron chi connectivity index (χ3n) is 4.55. The van der Waals surface area contributed by atoms with Gasteiger partial charge >= 0.3 is 0 Å². The highest BCUT2D eigenvalue weighted by atomic mass is 32.2. The van der Waals surface area contributed by atoms with Crippen LogP contribution in [0.3, 0.4) is 0 Å². The molecule has 0 aromatic heterocycles. The molecule has 0 radical (unpaired) electrons. The first-order valence-corrected chi connectivity index (χ1v) is 11.2. The van der Waals surface area contributed by atoms with Gasteiger partial charge in [0, 0.05) is 13.0 Å². The van der Waals surface area contributed by atoms with Crippen LogP contribution in [0.25, 0.3) is 0 Å². The van der Waals surface area contributed by atoms with E-state index in [4.69, 9.17) is 0 Å². The lowest BCUT2D eigenvalue weighted by molar-refractivity contribution is -0.121. The molecule has 2 aromatic carbocycles. The number of halogens is 1. The number of nitrogens with zero attached hydrogens (tertiary/aromatic N) is 1. The second-order valence-electron chi connectivity index (χ2n) is 6.80. The van der Waals surface area contributed by atoms with Crippen molar-refractivity contribution in [1.82, 2.24) is 5.32 Å². The van der Waals surface area contributed by atoms with Crippen LogP contribution in [-0.2, 0) is 21.2 Å². The molecule has 28 heavy (non-hydrogen) atoms. The Morgan fingerprint density at radius 3 is 2.25 bits per heavy atom. The van der Waals surface area contributed by atoms with Crippen molar-refractivity contribution in [1.29, 1.82) is 0 Å². The number of carbonyl (C=O) groups is 1. The van der Waals surface area contributed by atoms with Crippen molar-refractivity contribution in [3.63, 3.8) is 0 Å². The number of nitrogens with one attached hydrogen (secondary N) is 1. The van der Waals surface area contributed by atoms with Crippen LogP contribution in [0.4, 0.5) is 10.1 Å². The van der Waals surface area contributed by atoms with Crippen molar-refractivity contribution in [2.24, 2.45) is 0 Å². The summed E-state index contributed by atoms with van der Waals surface area (Å²) in [6.45, 7) is 4.08. The van der Waals surface area contributed by atoms with Gasteiger partial charge < -0.3 is 5.32 Å². The molecule has 0 aliphatic carbocycles. The van der Waals surface area contributed by atoms with E-state index in [1.165, 1.54) is 16.4 Å². The fraction of sp³-hybridized carbons (Fsp3) is 0.381. The normalized spacial score (nSPS) is 12.4. The number of hydrogen-bond donors (Lipinski definition) is 1. The average molecular weight is 407 g/mol. The van der Waals surface area contributed by atoms with Gasteiger partial charge in [-0.3, -0.25) is 9.10 Å². The van der Waals surface area contributed by atoms with Gasteiger partial charge in [-0.25, -0.2) is 12.8 Å². The summed E-state index contributed by atoms with van der Waals surface area (Å²) >= 11 is 0. The van der Waals surface area contributed by atoms with E-state index in [0.29, 0.717) is 12.1 Å². The molecule has 0 saturated carbocycles. The van der Waals surface area contributed by atoms with Gasteiger partial charge in [-0.15, -0.1) is 0 Å². The third kappa shape index (κ3) is 6.34. The van der Waals surface area contributed by atoms with Crippen LogP contribution in [0.5, 0.6) is 0 Å². The molecule has 2 aromatic rings. The van der Waals surface area contributed by atoms with Crippen molar-refractivity contribution in [2.45, 2.75) is 39.2 Å². The Bertz CT molecular complexity index is 881. The Kier molecular flexibility index (Phi) is 7.57. The Morgan fingerprint density at radius 1 is 1.11 bits per heavy atom. The van der Waals surface area contributed by atoms with Crippen molar-refractivity contribution in [3.05, 3.63) is 65.5 Å². The molecule has 1 amide bonds. The zero-order valence-electron chi connectivity index (χ0n) is 16.5. The van der Waals surface area contributed by atoms with E-state index in [2.05, 4.69) is 5.32 Å². The standard InChI is InChI=1S/C21H27FN2O3S/c1-4-17-7-13-20(14-8-17)24(28(3,26)27)15-5-6-21(25)23-16(2)18-9-11-19(22)12-10-18/h7-14,16H,4-6,15H2,1-3H3,(H,23,25)/t16-/m0/s1. The number of aryl methyl sites for hydroxylation is 1. The number of hydrogen-bond acceptors (Lipinski definition) is 3. The van der Waals surface area contributed by atoms with Crippen LogP contribution >= 0.6 is 0 Å². The van der Waals surface area contributed by atoms with Crippen molar-refractivity contribution < 1.29 is 17.6 Å². The van der Waals surface area contributed by atoms with E-state index >= 15 is 0 Å². The Hall–Kier alpha value is -2.41. The Labute approximate surface area is 166 Å². The van der Waals surface area contributed by atoms with Gasteiger partial charge in [0.05, 0.1) is 18.0 Å². The zero-order chi connectivity index (χ0) is 20.7. The van der Waals surface area contributed by atoms with E-state index < -0.39 is 10.0 Å². The van der Waals surface area contributed by atoms with Crippen LogP contribution in [0.2, 0.25) is 0 Å². The van der Waals surface area contributed by atoms with Crippen LogP contribution in [0, 0.1) is 5.82 Å². The summed E-state index contributed by atoms with van der Waals surface area (Å²) in [6.07, 6.45) is 2.64. The summed E-state index contributed by atoms with van der Waals surface area (Å²) in [4.78, 5) is 12.2. The molecule has 1 atom stereocenters. The van der Waals surface area contributed by atoms with E-state index in [1.54, 1.807) is 24.3 Å². The van der Waals surface area contributed by atoms with Crippen LogP contribution in [0.1, 0.15) is 43.9 Å². The van der Waals surface area contributed by atoms with Crippen molar-refractivity contribution >= 4 is 21.6 Å². The van der Waals surface area contributed by atoms with Gasteiger partial charge in [0.2, 0.25) is 15.9 Å². The van der Waals surface area contributed by atoms with Crippen LogP contribution in [-0.4, -0.2) is 27.1 Å². The molecule has 0 aliphatic rings. The molecule has 1 N–H and O–H groups in total. The smallest absolute Gasteiger partial charge is 0.232 e. The molecule has 7 heteroatoms. The number of carbonyl (C=O) groups excluding carboxylic acids is 1. The molecule has 0 heterocycles. The van der Waals surface area contributed by atoms with Crippen molar-refractivity contribution in [2.75, 3.05) is 17.1 Å². The predicted molar refractivity (Wildman–Crippen MR) is 110 cm³/mol. The first kappa shape index (κ1) is 21.9. The highest BCUT2D eigenvalue weighted by molar-refractivity contribution is 7.92. The summed E-state index contributed by atoms with van der Waals surface area (Å²) in [7, 11) is -3.44. The lowest BCUT2D eigenvalue weighted by Crippen LogP contribution is -2.32. The Balaban J connectivity index is 1.92. The van der Waals surface area contributed by atoms with E-state index in [-0.39, 0.29) is 30.7 Å². The minimum Gasteiger partial charge on any atom is -0.350 e. The summed E-state index contributed by atoms with van der Waals surface area (Å²) < 4.78 is 38.6. The summed E-state index contributed by atoms with van der Waals surface area (Å²) in [5.41, 5.74) is 2.54. The molecular weight excluding hydrogens is 379 g/mol. The topological polar surface area (TPSA) is 66.5 Å². The van der Waals surface area contributed by atoms with Gasteiger partial charge in [0.25, 0.3) is 0 Å². The van der Waals surface area contributed by atoms with Crippen molar-refractivity contribution in [3.8, 4) is 0 Å². The third-order valence-corrected chi connectivity index (χ3v) is 5.74. The quantitative estimate of drug-likeness (QED) is 0.689. The van der Waals surface area contributed by atoms with Gasteiger partial charge in [-0.05, 0) is 55.2 Å². The minimum atomic E-state index is -3.44. The SMILES string of the molecule is CCc1ccc(N(CCCC(=O)N[C@@H](C)c2ccc(F)cc2)S(C)(=O)=O)cc1. The highest BCUT2D eigenvalue weighted by Crippen LogP contribution is 2.19. The maximum Gasteiger partial charge on any atom is 0.232 e. The maximum absolute atomic E-state index is 13.0. The number of anilines is 1. The van der Waals surface area contributed by atoms with Crippen LogP contribution < -0.4 is 9.62 Å². The lowest BCUT2D eigenvalue weighted by Gasteiger charge is -2.23. The van der Waals surface area contributed by atoms with Gasteiger partial charge in [0.15, 0.2) is 0 Å². The average Bonchev–Trinajstić information content (AvgIpc) is 2.65. The maximum atomic E-state index is 13.0. The lowest BCUT2D eigenvalue weighted by atomic mass is 10.1. The van der Waals surface area contributed by atoms with Gasteiger partial charge in [-0.2, -0.15) is 0 Å². The monoisotopic (exact) mass is 406 g/mol. The van der Waals surface area contributed by atoms with Gasteiger partial charge in [0.1, 0.15) is 5.82 Å². The molecule has 152 valence electrons. The molecule has 0 saturated heterocycles.